The second kappa shape index (κ2) is 7.94. The highest BCUT2D eigenvalue weighted by atomic mass is 19.1. The van der Waals surface area contributed by atoms with Crippen LogP contribution in [0.1, 0.15) is 11.1 Å². The van der Waals surface area contributed by atoms with Crippen LogP contribution in [0.2, 0.25) is 0 Å². The number of carboxylic acids is 1. The number of nitrogens with zero attached hydrogens (tertiary/aromatic N) is 7. The summed E-state index contributed by atoms with van der Waals surface area (Å²) in [5.41, 5.74) is 8.40. The van der Waals surface area contributed by atoms with Crippen molar-refractivity contribution in [3.8, 4) is 11.5 Å². The van der Waals surface area contributed by atoms with Crippen LogP contribution in [-0.4, -0.2) is 30.7 Å². The van der Waals surface area contributed by atoms with E-state index in [9.17, 15) is 14.3 Å². The molecule has 0 spiro atoms. The number of hydrogen-bond acceptors (Lipinski definition) is 8. The van der Waals surface area contributed by atoms with Gasteiger partial charge >= 0.3 is 0 Å². The molecule has 11 heteroatoms. The van der Waals surface area contributed by atoms with Crippen molar-refractivity contribution in [3.05, 3.63) is 65.7 Å². The lowest BCUT2D eigenvalue weighted by molar-refractivity contribution is -0.304. The van der Waals surface area contributed by atoms with Crippen molar-refractivity contribution >= 4 is 22.8 Å². The van der Waals surface area contributed by atoms with Gasteiger partial charge in [0.2, 0.25) is 10.7 Å². The van der Waals surface area contributed by atoms with Crippen molar-refractivity contribution in [1.29, 1.82) is 5.53 Å². The molecule has 4 rings (SSSR count). The zero-order valence-electron chi connectivity index (χ0n) is 15.4. The van der Waals surface area contributed by atoms with Crippen LogP contribution in [0, 0.1) is 11.3 Å². The van der Waals surface area contributed by atoms with Crippen molar-refractivity contribution in [2.45, 2.75) is 13.0 Å². The molecule has 0 saturated heterocycles. The fraction of sp³-hybridized carbons (Fsp3) is 0.105. The Bertz CT molecular complexity index is 1310. The second-order valence-electron chi connectivity index (χ2n) is 6.26. The lowest BCUT2D eigenvalue weighted by atomic mass is 10.2. The first-order valence-electron chi connectivity index (χ1n) is 8.75. The van der Waals surface area contributed by atoms with Crippen LogP contribution in [0.5, 0.6) is 0 Å². The van der Waals surface area contributed by atoms with Gasteiger partial charge in [-0.2, -0.15) is 5.10 Å². The van der Waals surface area contributed by atoms with Gasteiger partial charge in [-0.25, -0.2) is 24.0 Å². The summed E-state index contributed by atoms with van der Waals surface area (Å²) in [7, 11) is 0. The summed E-state index contributed by atoms with van der Waals surface area (Å²) in [4.78, 5) is 26.6. The van der Waals surface area contributed by atoms with Crippen LogP contribution in [0.3, 0.4) is 0 Å². The minimum absolute atomic E-state index is 0.0695. The topological polar surface area (TPSA) is 147 Å². The number of aliphatic carboxylic acids is 1. The summed E-state index contributed by atoms with van der Waals surface area (Å²) in [5.74, 6) is -1.62. The van der Waals surface area contributed by atoms with Gasteiger partial charge in [-0.3, -0.25) is 0 Å². The summed E-state index contributed by atoms with van der Waals surface area (Å²) in [6, 6.07) is 9.85. The zero-order chi connectivity index (χ0) is 21.1. The number of carbonyl (C=O) groups excluding carboxylic acids is 1. The molecule has 1 N–H and O–H groups in total. The molecule has 0 radical (unpaired) electrons. The molecule has 1 aromatic carbocycles. The zero-order valence-corrected chi connectivity index (χ0v) is 15.4. The first-order valence-corrected chi connectivity index (χ1v) is 8.75. The molecular formula is C19H13FN8O2. The van der Waals surface area contributed by atoms with Crippen molar-refractivity contribution in [1.82, 2.24) is 29.6 Å². The van der Waals surface area contributed by atoms with Crippen LogP contribution < -0.4 is 10.0 Å². The molecule has 0 aliphatic rings. The monoisotopic (exact) mass is 404 g/mol. The van der Waals surface area contributed by atoms with Crippen LogP contribution in [-0.2, 0) is 17.8 Å². The molecule has 10 nitrogen and oxygen atoms in total. The van der Waals surface area contributed by atoms with Gasteiger partial charge in [-0.05, 0) is 18.2 Å². The van der Waals surface area contributed by atoms with Gasteiger partial charge in [0.15, 0.2) is 16.6 Å². The molecule has 0 unspecified atom stereocenters. The number of pyridine rings is 1. The van der Waals surface area contributed by atoms with Crippen molar-refractivity contribution in [3.63, 3.8) is 0 Å². The number of benzene rings is 1. The highest BCUT2D eigenvalue weighted by Gasteiger charge is 2.19. The minimum Gasteiger partial charge on any atom is -0.550 e. The van der Waals surface area contributed by atoms with E-state index in [2.05, 4.69) is 30.1 Å². The predicted octanol–water partition coefficient (Wildman–Crippen LogP) is 1.55. The van der Waals surface area contributed by atoms with Gasteiger partial charge in [-0.1, -0.05) is 18.2 Å². The number of fused-ring (bicyclic) bond motifs is 1. The fourth-order valence-corrected chi connectivity index (χ4v) is 3.00. The maximum Gasteiger partial charge on any atom is 0.248 e. The van der Waals surface area contributed by atoms with Gasteiger partial charge < -0.3 is 9.90 Å². The molecule has 0 aliphatic carbocycles. The molecule has 0 bridgehead atoms. The first-order chi connectivity index (χ1) is 14.6. The summed E-state index contributed by atoms with van der Waals surface area (Å²) in [6.07, 6.45) is 2.40. The molecule has 0 fully saturated rings. The predicted molar refractivity (Wildman–Crippen MR) is 99.7 cm³/mol. The molecule has 0 saturated carbocycles. The Morgan fingerprint density at radius 1 is 1.20 bits per heavy atom. The van der Waals surface area contributed by atoms with E-state index < -0.39 is 12.4 Å². The third-order valence-corrected chi connectivity index (χ3v) is 4.32. The van der Waals surface area contributed by atoms with Crippen LogP contribution in [0.15, 0.2) is 53.9 Å². The maximum atomic E-state index is 14.1. The normalized spacial score (nSPS) is 10.7. The van der Waals surface area contributed by atoms with Gasteiger partial charge in [0.25, 0.3) is 0 Å². The molecule has 3 heterocycles. The van der Waals surface area contributed by atoms with E-state index in [1.807, 2.05) is 0 Å². The molecule has 4 aromatic rings. The SMILES string of the molecule is N=[N+]=Nc1nc(-c2nn(Cc3ccccc3F)c3ncccc23)ncc1CC(=O)[O-]. The average Bonchev–Trinajstić information content (AvgIpc) is 3.09. The molecule has 0 aliphatic heterocycles. The molecular weight excluding hydrogens is 391 g/mol. The lowest BCUT2D eigenvalue weighted by Crippen LogP contribution is -2.24. The highest BCUT2D eigenvalue weighted by molar-refractivity contribution is 5.89. The summed E-state index contributed by atoms with van der Waals surface area (Å²) >= 11 is 0. The Morgan fingerprint density at radius 3 is 2.80 bits per heavy atom. The van der Waals surface area contributed by atoms with E-state index >= 15 is 0 Å². The Kier molecular flexibility index (Phi) is 5.02. The largest absolute Gasteiger partial charge is 0.550 e. The number of nitrogens with one attached hydrogen (secondary N) is 1. The fourth-order valence-electron chi connectivity index (χ4n) is 3.00. The number of carboxylic acid groups (broad SMARTS) is 1. The third-order valence-electron chi connectivity index (χ3n) is 4.32. The van der Waals surface area contributed by atoms with Crippen molar-refractivity contribution < 1.29 is 14.3 Å². The van der Waals surface area contributed by atoms with Crippen LogP contribution in [0.4, 0.5) is 10.2 Å². The van der Waals surface area contributed by atoms with E-state index in [1.54, 1.807) is 36.5 Å². The van der Waals surface area contributed by atoms with Crippen molar-refractivity contribution in [2.75, 3.05) is 0 Å². The average molecular weight is 404 g/mol. The summed E-state index contributed by atoms with van der Waals surface area (Å²) in [6.45, 7) is 0.141. The molecule has 0 amide bonds. The van der Waals surface area contributed by atoms with Gasteiger partial charge in [0.05, 0.1) is 11.9 Å². The van der Waals surface area contributed by atoms with E-state index in [0.717, 1.165) is 0 Å². The highest BCUT2D eigenvalue weighted by Crippen LogP contribution is 2.27. The number of carbonyl (C=O) groups is 1. The van der Waals surface area contributed by atoms with Crippen LogP contribution >= 0.6 is 0 Å². The number of hydrogen-bond donors (Lipinski definition) is 1. The van der Waals surface area contributed by atoms with Crippen LogP contribution in [0.25, 0.3) is 22.6 Å². The Hall–Kier alpha value is -4.37. The van der Waals surface area contributed by atoms with E-state index in [4.69, 9.17) is 5.53 Å². The number of aromatic nitrogens is 5. The van der Waals surface area contributed by atoms with E-state index in [0.29, 0.717) is 22.3 Å². The van der Waals surface area contributed by atoms with Gasteiger partial charge in [0, 0.05) is 35.9 Å². The molecule has 148 valence electrons. The number of halogens is 1. The maximum absolute atomic E-state index is 14.1. The Morgan fingerprint density at radius 2 is 2.03 bits per heavy atom. The first kappa shape index (κ1) is 19.0. The Balaban J connectivity index is 1.84. The third kappa shape index (κ3) is 3.64. The number of rotatable bonds is 6. The molecule has 3 aromatic heterocycles. The smallest absolute Gasteiger partial charge is 0.248 e. The summed E-state index contributed by atoms with van der Waals surface area (Å²) in [5, 5.41) is 19.6. The summed E-state index contributed by atoms with van der Waals surface area (Å²) < 4.78 is 15.6. The van der Waals surface area contributed by atoms with Gasteiger partial charge in [-0.15, -0.1) is 0 Å². The minimum atomic E-state index is -1.34. The quantitative estimate of drug-likeness (QED) is 0.381. The second-order valence-corrected chi connectivity index (χ2v) is 6.26. The standard InChI is InChI=1S/C19H13FN8O2/c20-14-6-2-1-4-11(14)10-28-19-13(5-3-7-22-19)16(26-28)18-23-9-12(8-15(29)30)17(24-18)25-27-21/h1-7,9,21H,8,10H2. The van der Waals surface area contributed by atoms with Crippen molar-refractivity contribution in [2.24, 2.45) is 5.11 Å². The molecule has 0 atom stereocenters. The van der Waals surface area contributed by atoms with E-state index in [-0.39, 0.29) is 29.6 Å². The van der Waals surface area contributed by atoms with E-state index in [1.165, 1.54) is 16.9 Å². The Labute approximate surface area is 168 Å². The lowest BCUT2D eigenvalue weighted by Gasteiger charge is -2.04. The molecule has 30 heavy (non-hydrogen) atoms. The van der Waals surface area contributed by atoms with Gasteiger partial charge in [0.1, 0.15) is 17.0 Å².